The molecule has 0 radical (unpaired) electrons. The van der Waals surface area contributed by atoms with Crippen molar-refractivity contribution in [3.05, 3.63) is 23.9 Å². The Morgan fingerprint density at radius 3 is 2.53 bits per heavy atom. The molecule has 84 valence electrons. The van der Waals surface area contributed by atoms with Gasteiger partial charge in [-0.1, -0.05) is 6.07 Å². The molecule has 1 heterocycles. The zero-order chi connectivity index (χ0) is 11.5. The summed E-state index contributed by atoms with van der Waals surface area (Å²) in [4.78, 5) is 3.81. The van der Waals surface area contributed by atoms with E-state index in [1.165, 1.54) is 12.3 Å². The zero-order valence-corrected chi connectivity index (χ0v) is 8.17. The molecule has 0 bridgehead atoms. The minimum Gasteiger partial charge on any atom is -0.361 e. The third kappa shape index (κ3) is 4.16. The van der Waals surface area contributed by atoms with E-state index in [-0.39, 0.29) is 11.9 Å². The quantitative estimate of drug-likeness (QED) is 0.818. The van der Waals surface area contributed by atoms with Crippen LogP contribution in [-0.2, 0) is 0 Å². The van der Waals surface area contributed by atoms with Crippen molar-refractivity contribution in [3.63, 3.8) is 0 Å². The SMILES string of the molecule is CC(N)c1ccc(NCC(F)(F)F)nc1. The summed E-state index contributed by atoms with van der Waals surface area (Å²) in [5.74, 6) is 0.191. The molecule has 0 saturated heterocycles. The Morgan fingerprint density at radius 1 is 1.47 bits per heavy atom. The number of alkyl halides is 3. The van der Waals surface area contributed by atoms with Gasteiger partial charge in [0.2, 0.25) is 0 Å². The highest BCUT2D eigenvalue weighted by molar-refractivity contribution is 5.36. The van der Waals surface area contributed by atoms with E-state index in [0.29, 0.717) is 0 Å². The molecule has 3 nitrogen and oxygen atoms in total. The number of nitrogens with two attached hydrogens (primary N) is 1. The second kappa shape index (κ2) is 4.48. The zero-order valence-electron chi connectivity index (χ0n) is 8.17. The Morgan fingerprint density at radius 2 is 2.13 bits per heavy atom. The van der Waals surface area contributed by atoms with E-state index in [9.17, 15) is 13.2 Å². The highest BCUT2D eigenvalue weighted by Crippen LogP contribution is 2.16. The average Bonchev–Trinajstić information content (AvgIpc) is 2.14. The number of nitrogens with one attached hydrogen (secondary N) is 1. The van der Waals surface area contributed by atoms with Crippen molar-refractivity contribution in [1.82, 2.24) is 4.98 Å². The van der Waals surface area contributed by atoms with Crippen LogP contribution in [0.5, 0.6) is 0 Å². The van der Waals surface area contributed by atoms with Crippen LogP contribution in [0.15, 0.2) is 18.3 Å². The van der Waals surface area contributed by atoms with Crippen LogP contribution in [0, 0.1) is 0 Å². The van der Waals surface area contributed by atoms with Gasteiger partial charge in [0.15, 0.2) is 0 Å². The molecular formula is C9H12F3N3. The molecule has 0 spiro atoms. The fourth-order valence-electron chi connectivity index (χ4n) is 0.970. The lowest BCUT2D eigenvalue weighted by Gasteiger charge is -2.10. The van der Waals surface area contributed by atoms with Gasteiger partial charge in [-0.3, -0.25) is 0 Å². The van der Waals surface area contributed by atoms with Gasteiger partial charge in [0.05, 0.1) is 0 Å². The monoisotopic (exact) mass is 219 g/mol. The van der Waals surface area contributed by atoms with Gasteiger partial charge >= 0.3 is 6.18 Å². The fourth-order valence-corrected chi connectivity index (χ4v) is 0.970. The first-order chi connectivity index (χ1) is 6.88. The van der Waals surface area contributed by atoms with Gasteiger partial charge in [-0.25, -0.2) is 4.98 Å². The van der Waals surface area contributed by atoms with Crippen LogP contribution in [-0.4, -0.2) is 17.7 Å². The number of anilines is 1. The Kier molecular flexibility index (Phi) is 3.52. The topological polar surface area (TPSA) is 50.9 Å². The van der Waals surface area contributed by atoms with Crippen molar-refractivity contribution in [2.75, 3.05) is 11.9 Å². The highest BCUT2D eigenvalue weighted by Gasteiger charge is 2.26. The van der Waals surface area contributed by atoms with E-state index in [4.69, 9.17) is 5.73 Å². The van der Waals surface area contributed by atoms with Crippen molar-refractivity contribution in [2.45, 2.75) is 19.1 Å². The van der Waals surface area contributed by atoms with Crippen LogP contribution in [0.25, 0.3) is 0 Å². The van der Waals surface area contributed by atoms with Gasteiger partial charge in [0.25, 0.3) is 0 Å². The first kappa shape index (κ1) is 11.8. The minimum absolute atomic E-state index is 0.172. The molecule has 0 aliphatic rings. The van der Waals surface area contributed by atoms with Crippen LogP contribution in [0.2, 0.25) is 0 Å². The average molecular weight is 219 g/mol. The predicted molar refractivity (Wildman–Crippen MR) is 51.4 cm³/mol. The first-order valence-electron chi connectivity index (χ1n) is 4.40. The Balaban J connectivity index is 2.57. The van der Waals surface area contributed by atoms with E-state index >= 15 is 0 Å². The number of rotatable bonds is 3. The lowest BCUT2D eigenvalue weighted by atomic mass is 10.2. The summed E-state index contributed by atoms with van der Waals surface area (Å²) < 4.78 is 35.5. The summed E-state index contributed by atoms with van der Waals surface area (Å²) >= 11 is 0. The second-order valence-electron chi connectivity index (χ2n) is 3.23. The number of nitrogens with zero attached hydrogens (tertiary/aromatic N) is 1. The maximum atomic E-state index is 11.8. The molecule has 6 heteroatoms. The summed E-state index contributed by atoms with van der Waals surface area (Å²) in [6, 6.07) is 2.95. The van der Waals surface area contributed by atoms with E-state index in [1.807, 2.05) is 0 Å². The van der Waals surface area contributed by atoms with Crippen LogP contribution >= 0.6 is 0 Å². The lowest BCUT2D eigenvalue weighted by molar-refractivity contribution is -0.115. The molecule has 0 saturated carbocycles. The Labute approximate surface area is 85.5 Å². The highest BCUT2D eigenvalue weighted by atomic mass is 19.4. The number of halogens is 3. The van der Waals surface area contributed by atoms with E-state index in [0.717, 1.165) is 5.56 Å². The Hall–Kier alpha value is -1.30. The third-order valence-corrected chi connectivity index (χ3v) is 1.78. The van der Waals surface area contributed by atoms with Gasteiger partial charge in [-0.05, 0) is 18.6 Å². The first-order valence-corrected chi connectivity index (χ1v) is 4.40. The number of hydrogen-bond acceptors (Lipinski definition) is 3. The van der Waals surface area contributed by atoms with E-state index in [2.05, 4.69) is 10.3 Å². The summed E-state index contributed by atoms with van der Waals surface area (Å²) in [6.07, 6.45) is -2.77. The molecule has 0 fully saturated rings. The van der Waals surface area contributed by atoms with E-state index < -0.39 is 12.7 Å². The summed E-state index contributed by atoms with van der Waals surface area (Å²) in [7, 11) is 0. The molecule has 0 aliphatic heterocycles. The van der Waals surface area contributed by atoms with Crippen molar-refractivity contribution in [2.24, 2.45) is 5.73 Å². The molecule has 3 N–H and O–H groups in total. The number of pyridine rings is 1. The summed E-state index contributed by atoms with van der Waals surface area (Å²) in [5, 5.41) is 2.17. The van der Waals surface area contributed by atoms with Crippen molar-refractivity contribution in [3.8, 4) is 0 Å². The molecular weight excluding hydrogens is 207 g/mol. The fraction of sp³-hybridized carbons (Fsp3) is 0.444. The maximum Gasteiger partial charge on any atom is 0.405 e. The van der Waals surface area contributed by atoms with Crippen molar-refractivity contribution < 1.29 is 13.2 Å². The number of aromatic nitrogens is 1. The van der Waals surface area contributed by atoms with Crippen LogP contribution in [0.4, 0.5) is 19.0 Å². The van der Waals surface area contributed by atoms with Crippen molar-refractivity contribution in [1.29, 1.82) is 0 Å². The molecule has 0 amide bonds. The smallest absolute Gasteiger partial charge is 0.361 e. The number of hydrogen-bond donors (Lipinski definition) is 2. The van der Waals surface area contributed by atoms with Gasteiger partial charge in [-0.2, -0.15) is 13.2 Å². The molecule has 1 unspecified atom stereocenters. The largest absolute Gasteiger partial charge is 0.405 e. The van der Waals surface area contributed by atoms with Crippen molar-refractivity contribution >= 4 is 5.82 Å². The summed E-state index contributed by atoms with van der Waals surface area (Å²) in [5.41, 5.74) is 6.35. The van der Waals surface area contributed by atoms with E-state index in [1.54, 1.807) is 13.0 Å². The van der Waals surface area contributed by atoms with Gasteiger partial charge < -0.3 is 11.1 Å². The molecule has 0 aliphatic carbocycles. The third-order valence-electron chi connectivity index (χ3n) is 1.78. The van der Waals surface area contributed by atoms with Crippen LogP contribution < -0.4 is 11.1 Å². The minimum atomic E-state index is -4.23. The molecule has 0 aromatic carbocycles. The molecule has 1 aromatic rings. The normalized spacial score (nSPS) is 13.7. The van der Waals surface area contributed by atoms with Gasteiger partial charge in [0.1, 0.15) is 12.4 Å². The molecule has 1 rings (SSSR count). The maximum absolute atomic E-state index is 11.8. The second-order valence-corrected chi connectivity index (χ2v) is 3.23. The van der Waals surface area contributed by atoms with Crippen LogP contribution in [0.3, 0.4) is 0 Å². The molecule has 15 heavy (non-hydrogen) atoms. The molecule has 1 atom stereocenters. The Bertz CT molecular complexity index is 305. The van der Waals surface area contributed by atoms with Crippen LogP contribution in [0.1, 0.15) is 18.5 Å². The van der Waals surface area contributed by atoms with Gasteiger partial charge in [-0.15, -0.1) is 0 Å². The molecule has 1 aromatic heterocycles. The summed E-state index contributed by atoms with van der Waals surface area (Å²) in [6.45, 7) is 0.692. The van der Waals surface area contributed by atoms with Gasteiger partial charge in [0, 0.05) is 12.2 Å². The standard InChI is InChI=1S/C9H12F3N3/c1-6(13)7-2-3-8(14-4-7)15-5-9(10,11)12/h2-4,6H,5,13H2,1H3,(H,14,15). The lowest BCUT2D eigenvalue weighted by Crippen LogP contribution is -2.21. The predicted octanol–water partition coefficient (Wildman–Crippen LogP) is 2.08.